The van der Waals surface area contributed by atoms with Gasteiger partial charge in [0.2, 0.25) is 0 Å². The molecule has 0 saturated carbocycles. The number of fused-ring (bicyclic) bond motifs is 6. The Morgan fingerprint density at radius 3 is 1.03 bits per heavy atom. The first kappa shape index (κ1) is 61.0. The van der Waals surface area contributed by atoms with Crippen molar-refractivity contribution in [1.82, 2.24) is 29.9 Å². The maximum atomic E-state index is 6.29. The highest BCUT2D eigenvalue weighted by Gasteiger charge is 2.30. The third-order valence-electron chi connectivity index (χ3n) is 18.5. The molecular formula is C92H60N8OS. The first-order valence-electron chi connectivity index (χ1n) is 34.0. The lowest BCUT2D eigenvalue weighted by atomic mass is 9.94. The Balaban J connectivity index is 0.000000147. The zero-order valence-electron chi connectivity index (χ0n) is 55.0. The van der Waals surface area contributed by atoms with Crippen molar-refractivity contribution >= 4 is 68.0 Å². The summed E-state index contributed by atoms with van der Waals surface area (Å²) in [6, 6.07) is 123. The molecule has 6 heterocycles. The van der Waals surface area contributed by atoms with Crippen LogP contribution in [0.15, 0.2) is 374 Å². The Morgan fingerprint density at radius 2 is 0.569 bits per heavy atom. The molecule has 13 aromatic carbocycles. The Hall–Kier alpha value is -13.4. The molecule has 0 unspecified atom stereocenters. The zero-order chi connectivity index (χ0) is 67.7. The summed E-state index contributed by atoms with van der Waals surface area (Å²) in [5, 5.41) is 0. The van der Waals surface area contributed by atoms with Crippen molar-refractivity contribution in [1.29, 1.82) is 0 Å². The van der Waals surface area contributed by atoms with E-state index in [1.54, 1.807) is 0 Å². The van der Waals surface area contributed by atoms with Crippen LogP contribution in [0.4, 0.5) is 34.1 Å². The molecule has 480 valence electrons. The summed E-state index contributed by atoms with van der Waals surface area (Å²) in [4.78, 5) is 39.8. The second-order valence-electron chi connectivity index (χ2n) is 24.8. The number of hydrogen-bond donors (Lipinski definition) is 0. The number of nitrogens with zero attached hydrogens (tertiary/aromatic N) is 8. The Morgan fingerprint density at radius 1 is 0.235 bits per heavy atom. The van der Waals surface area contributed by atoms with Crippen LogP contribution in [0.25, 0.3) is 123 Å². The zero-order valence-corrected chi connectivity index (χ0v) is 55.9. The van der Waals surface area contributed by atoms with E-state index < -0.39 is 0 Å². The van der Waals surface area contributed by atoms with Crippen molar-refractivity contribution in [2.45, 2.75) is 9.79 Å². The Bertz CT molecular complexity index is 5860. The highest BCUT2D eigenvalue weighted by atomic mass is 32.2. The molecule has 2 aliphatic rings. The van der Waals surface area contributed by atoms with Crippen LogP contribution in [0.2, 0.25) is 0 Å². The predicted octanol–water partition coefficient (Wildman–Crippen LogP) is 24.6. The predicted molar refractivity (Wildman–Crippen MR) is 417 cm³/mol. The summed E-state index contributed by atoms with van der Waals surface area (Å²) in [5.74, 6) is 1.62. The van der Waals surface area contributed by atoms with E-state index >= 15 is 0 Å². The number of aromatic nitrogens is 6. The van der Waals surface area contributed by atoms with Gasteiger partial charge >= 0.3 is 0 Å². The smallest absolute Gasteiger partial charge is 0.151 e. The number of para-hydroxylation sites is 6. The lowest BCUT2D eigenvalue weighted by Crippen LogP contribution is -2.15. The van der Waals surface area contributed by atoms with E-state index in [1.807, 2.05) is 133 Å². The number of benzene rings is 13. The molecule has 4 aromatic heterocycles. The monoisotopic (exact) mass is 1320 g/mol. The van der Waals surface area contributed by atoms with Crippen molar-refractivity contribution in [3.8, 4) is 113 Å². The van der Waals surface area contributed by atoms with Crippen LogP contribution >= 0.6 is 11.8 Å². The molecule has 19 rings (SSSR count). The summed E-state index contributed by atoms with van der Waals surface area (Å²) in [6.07, 6.45) is 1.94. The molecule has 9 nitrogen and oxygen atoms in total. The topological polar surface area (TPSA) is 93.0 Å². The molecule has 0 saturated heterocycles. The quantitative estimate of drug-likeness (QED) is 0.125. The molecule has 17 aromatic rings. The van der Waals surface area contributed by atoms with E-state index in [-0.39, 0.29) is 0 Å². The van der Waals surface area contributed by atoms with Gasteiger partial charge in [-0.15, -0.1) is 0 Å². The lowest BCUT2D eigenvalue weighted by Gasteiger charge is -2.33. The summed E-state index contributed by atoms with van der Waals surface area (Å²) in [7, 11) is 0. The van der Waals surface area contributed by atoms with E-state index in [2.05, 4.69) is 252 Å². The van der Waals surface area contributed by atoms with Gasteiger partial charge in [-0.25, -0.2) is 24.9 Å². The molecule has 0 spiro atoms. The normalized spacial score (nSPS) is 11.9. The van der Waals surface area contributed by atoms with E-state index in [1.165, 1.54) is 9.79 Å². The van der Waals surface area contributed by atoms with Gasteiger partial charge in [0.15, 0.2) is 11.5 Å². The Labute approximate surface area is 595 Å². The first-order valence-corrected chi connectivity index (χ1v) is 34.8. The molecule has 0 amide bonds. The van der Waals surface area contributed by atoms with Crippen molar-refractivity contribution < 1.29 is 4.74 Å². The summed E-state index contributed by atoms with van der Waals surface area (Å²) >= 11 is 1.81. The minimum atomic E-state index is 0.745. The summed E-state index contributed by atoms with van der Waals surface area (Å²) in [6.45, 7) is 0. The van der Waals surface area contributed by atoms with Crippen LogP contribution in [0.5, 0.6) is 11.5 Å². The van der Waals surface area contributed by atoms with Crippen LogP contribution in [-0.4, -0.2) is 29.9 Å². The largest absolute Gasteiger partial charge is 0.453 e. The van der Waals surface area contributed by atoms with Gasteiger partial charge in [-0.2, -0.15) is 0 Å². The average molecular weight is 1330 g/mol. The van der Waals surface area contributed by atoms with Crippen LogP contribution < -0.4 is 14.5 Å². The average Bonchev–Trinajstić information content (AvgIpc) is 0.741. The third kappa shape index (κ3) is 11.4. The van der Waals surface area contributed by atoms with E-state index in [0.717, 1.165) is 169 Å². The van der Waals surface area contributed by atoms with Crippen molar-refractivity contribution in [2.24, 2.45) is 0 Å². The number of rotatable bonds is 11. The standard InChI is InChI=1S/C49H32N4S.C43H28N4O/c1-5-18-33(19-6-1)43-44(34-20-7-2-8-21-34)50-47(49-48(43)51-45(35-22-9-3-10-23-35)46(52-49)36-24-11-4-12-25-36)37-26-17-27-38(32-37)53-39-28-13-15-30-41(39)54-42-31-16-14-29-40(42)53;1-4-15-29(16-5-1)34-28-44-39(43-42(34)45-40(30-17-6-2-7-18-30)41(46-43)31-19-8-3-9-20-31)32-21-14-22-33(27-32)47-35-23-10-12-25-37(35)48-38-26-13-11-24-36(38)47/h1-32H;1-28H. The molecule has 102 heavy (non-hydrogen) atoms. The van der Waals surface area contributed by atoms with Gasteiger partial charge in [-0.05, 0) is 83.9 Å². The van der Waals surface area contributed by atoms with E-state index in [0.29, 0.717) is 0 Å². The lowest BCUT2D eigenvalue weighted by molar-refractivity contribution is 0.477. The molecule has 0 aliphatic carbocycles. The van der Waals surface area contributed by atoms with Gasteiger partial charge in [0.25, 0.3) is 0 Å². The summed E-state index contributed by atoms with van der Waals surface area (Å²) < 4.78 is 6.29. The van der Waals surface area contributed by atoms with Gasteiger partial charge < -0.3 is 14.5 Å². The third-order valence-corrected chi connectivity index (χ3v) is 19.6. The van der Waals surface area contributed by atoms with Gasteiger partial charge in [0.1, 0.15) is 22.1 Å². The summed E-state index contributed by atoms with van der Waals surface area (Å²) in [5.41, 5.74) is 26.0. The van der Waals surface area contributed by atoms with Gasteiger partial charge in [-0.3, -0.25) is 4.98 Å². The van der Waals surface area contributed by atoms with Crippen LogP contribution in [0.3, 0.4) is 0 Å². The highest BCUT2D eigenvalue weighted by molar-refractivity contribution is 7.99. The second kappa shape index (κ2) is 26.8. The number of pyridine rings is 2. The molecule has 0 fully saturated rings. The molecule has 10 heteroatoms. The van der Waals surface area contributed by atoms with Crippen LogP contribution in [0.1, 0.15) is 0 Å². The molecule has 0 atom stereocenters. The fraction of sp³-hybridized carbons (Fsp3) is 0. The minimum absolute atomic E-state index is 0.745. The molecular weight excluding hydrogens is 1270 g/mol. The number of anilines is 6. The minimum Gasteiger partial charge on any atom is -0.453 e. The fourth-order valence-electron chi connectivity index (χ4n) is 13.8. The first-order chi connectivity index (χ1) is 50.6. The van der Waals surface area contributed by atoms with Crippen molar-refractivity contribution in [3.05, 3.63) is 364 Å². The van der Waals surface area contributed by atoms with Gasteiger partial charge in [-0.1, -0.05) is 297 Å². The maximum absolute atomic E-state index is 6.29. The number of ether oxygens (including phenoxy) is 1. The van der Waals surface area contributed by atoms with E-state index in [9.17, 15) is 0 Å². The number of hydrogen-bond acceptors (Lipinski definition) is 10. The van der Waals surface area contributed by atoms with Gasteiger partial charge in [0, 0.05) is 77.4 Å². The molecule has 0 radical (unpaired) electrons. The SMILES string of the molecule is c1ccc(-c2nc3c(-c4cccc(N5c6ccccc6Sc6ccccc65)c4)nc(-c4ccccc4)c(-c4ccccc4)c3nc2-c2ccccc2)cc1.c1ccc(-c2nc3c(-c4ccccc4)cnc(-c4cccc(N5c6ccccc6Oc6ccccc65)c4)c3nc2-c2ccccc2)cc1. The van der Waals surface area contributed by atoms with Crippen molar-refractivity contribution in [2.75, 3.05) is 9.80 Å². The fourth-order valence-corrected chi connectivity index (χ4v) is 14.9. The van der Waals surface area contributed by atoms with E-state index in [4.69, 9.17) is 34.6 Å². The maximum Gasteiger partial charge on any atom is 0.151 e. The highest BCUT2D eigenvalue weighted by Crippen LogP contribution is 2.54. The van der Waals surface area contributed by atoms with Gasteiger partial charge in [0.05, 0.1) is 62.6 Å². The molecule has 0 bridgehead atoms. The second-order valence-corrected chi connectivity index (χ2v) is 25.9. The van der Waals surface area contributed by atoms with Crippen LogP contribution in [0, 0.1) is 0 Å². The molecule has 0 N–H and O–H groups in total. The molecule has 2 aliphatic heterocycles. The van der Waals surface area contributed by atoms with Crippen LogP contribution in [-0.2, 0) is 0 Å². The Kier molecular flexibility index (Phi) is 16.0. The van der Waals surface area contributed by atoms with Crippen molar-refractivity contribution in [3.63, 3.8) is 0 Å².